The predicted octanol–water partition coefficient (Wildman–Crippen LogP) is 6.52. The molecule has 0 saturated carbocycles. The maximum absolute atomic E-state index is 13.1. The Bertz CT molecular complexity index is 1220. The van der Waals surface area contributed by atoms with Crippen LogP contribution in [0, 0.1) is 20.7 Å². The third-order valence-electron chi connectivity index (χ3n) is 4.92. The summed E-state index contributed by atoms with van der Waals surface area (Å²) >= 11 is 2.12. The van der Waals surface area contributed by atoms with Crippen molar-refractivity contribution in [3.63, 3.8) is 0 Å². The van der Waals surface area contributed by atoms with Crippen molar-refractivity contribution in [2.24, 2.45) is 0 Å². The molecular formula is C27H24FIN2O3. The lowest BCUT2D eigenvalue weighted by molar-refractivity contribution is -0.112. The summed E-state index contributed by atoms with van der Waals surface area (Å²) in [6, 6.07) is 19.1. The molecule has 0 aliphatic carbocycles. The van der Waals surface area contributed by atoms with Crippen LogP contribution >= 0.6 is 22.6 Å². The van der Waals surface area contributed by atoms with Gasteiger partial charge in [-0.1, -0.05) is 31.2 Å². The summed E-state index contributed by atoms with van der Waals surface area (Å²) in [4.78, 5) is 12.7. The van der Waals surface area contributed by atoms with Crippen molar-refractivity contribution in [2.45, 2.75) is 26.9 Å². The molecule has 0 aliphatic heterocycles. The molecule has 1 N–H and O–H groups in total. The summed E-state index contributed by atoms with van der Waals surface area (Å²) in [6.07, 6.45) is 2.42. The van der Waals surface area contributed by atoms with Crippen molar-refractivity contribution in [3.8, 4) is 17.6 Å². The monoisotopic (exact) mass is 570 g/mol. The third-order valence-corrected chi connectivity index (χ3v) is 5.73. The molecule has 1 amide bonds. The molecule has 7 heteroatoms. The zero-order valence-electron chi connectivity index (χ0n) is 18.9. The van der Waals surface area contributed by atoms with Gasteiger partial charge in [0.15, 0.2) is 11.5 Å². The lowest BCUT2D eigenvalue weighted by Crippen LogP contribution is -2.13. The molecule has 34 heavy (non-hydrogen) atoms. The lowest BCUT2D eigenvalue weighted by Gasteiger charge is -2.15. The number of amides is 1. The number of benzene rings is 3. The van der Waals surface area contributed by atoms with Crippen LogP contribution in [-0.2, 0) is 17.8 Å². The van der Waals surface area contributed by atoms with Crippen LogP contribution in [0.15, 0.2) is 66.2 Å². The Morgan fingerprint density at radius 1 is 1.06 bits per heavy atom. The maximum Gasteiger partial charge on any atom is 0.266 e. The number of aryl methyl sites for hydroxylation is 1. The highest BCUT2D eigenvalue weighted by Crippen LogP contribution is 2.35. The van der Waals surface area contributed by atoms with E-state index in [1.165, 1.54) is 18.2 Å². The van der Waals surface area contributed by atoms with E-state index in [9.17, 15) is 14.4 Å². The minimum absolute atomic E-state index is 0.0298. The van der Waals surface area contributed by atoms with Crippen LogP contribution in [0.4, 0.5) is 10.1 Å². The zero-order chi connectivity index (χ0) is 24.5. The molecule has 0 saturated heterocycles. The Hall–Kier alpha value is -3.38. The van der Waals surface area contributed by atoms with Gasteiger partial charge in [-0.25, -0.2) is 4.39 Å². The fourth-order valence-corrected chi connectivity index (χ4v) is 3.93. The van der Waals surface area contributed by atoms with Crippen molar-refractivity contribution in [3.05, 3.63) is 92.3 Å². The number of rotatable bonds is 9. The van der Waals surface area contributed by atoms with Gasteiger partial charge in [-0.3, -0.25) is 4.79 Å². The minimum atomic E-state index is -0.489. The van der Waals surface area contributed by atoms with Gasteiger partial charge in [-0.05, 0) is 95.1 Å². The van der Waals surface area contributed by atoms with Gasteiger partial charge in [-0.2, -0.15) is 5.26 Å². The number of carbonyl (C=O) groups is 1. The van der Waals surface area contributed by atoms with E-state index >= 15 is 0 Å². The molecular weight excluding hydrogens is 546 g/mol. The molecule has 174 valence electrons. The molecule has 0 unspecified atom stereocenters. The average molecular weight is 570 g/mol. The number of hydrogen-bond donors (Lipinski definition) is 1. The number of hydrogen-bond acceptors (Lipinski definition) is 4. The summed E-state index contributed by atoms with van der Waals surface area (Å²) in [7, 11) is 0. The van der Waals surface area contributed by atoms with E-state index in [1.54, 1.807) is 18.2 Å². The highest BCUT2D eigenvalue weighted by molar-refractivity contribution is 14.1. The van der Waals surface area contributed by atoms with Gasteiger partial charge in [0.05, 0.1) is 10.2 Å². The van der Waals surface area contributed by atoms with E-state index in [0.717, 1.165) is 21.1 Å². The molecule has 3 aromatic carbocycles. The number of carbonyl (C=O) groups excluding carboxylic acids is 1. The summed E-state index contributed by atoms with van der Waals surface area (Å²) in [5.74, 6) is 0.245. The summed E-state index contributed by atoms with van der Waals surface area (Å²) in [5, 5.41) is 12.3. The fraction of sp³-hybridized carbons (Fsp3) is 0.185. The number of nitrogens with one attached hydrogen (secondary N) is 1. The molecule has 0 heterocycles. The first-order chi connectivity index (χ1) is 16.4. The Balaban J connectivity index is 1.81. The summed E-state index contributed by atoms with van der Waals surface area (Å²) in [6.45, 7) is 4.57. The van der Waals surface area contributed by atoms with Gasteiger partial charge in [0.1, 0.15) is 24.1 Å². The largest absolute Gasteiger partial charge is 0.490 e. The molecule has 3 rings (SSSR count). The van der Waals surface area contributed by atoms with E-state index in [0.29, 0.717) is 29.4 Å². The van der Waals surface area contributed by atoms with E-state index in [2.05, 4.69) is 34.8 Å². The first-order valence-corrected chi connectivity index (χ1v) is 11.9. The van der Waals surface area contributed by atoms with Gasteiger partial charge in [-0.15, -0.1) is 0 Å². The van der Waals surface area contributed by atoms with Gasteiger partial charge >= 0.3 is 0 Å². The van der Waals surface area contributed by atoms with Crippen molar-refractivity contribution < 1.29 is 18.7 Å². The number of ether oxygens (including phenoxy) is 2. The van der Waals surface area contributed by atoms with Crippen LogP contribution in [0.3, 0.4) is 0 Å². The zero-order valence-corrected chi connectivity index (χ0v) is 21.1. The molecule has 0 radical (unpaired) electrons. The van der Waals surface area contributed by atoms with Gasteiger partial charge in [0.25, 0.3) is 5.91 Å². The molecule has 0 aromatic heterocycles. The molecule has 0 atom stereocenters. The summed E-state index contributed by atoms with van der Waals surface area (Å²) in [5.41, 5.74) is 3.21. The van der Waals surface area contributed by atoms with Crippen molar-refractivity contribution in [1.29, 1.82) is 5.26 Å². The number of nitriles is 1. The average Bonchev–Trinajstić information content (AvgIpc) is 2.83. The highest BCUT2D eigenvalue weighted by Gasteiger charge is 2.15. The smallest absolute Gasteiger partial charge is 0.266 e. The van der Waals surface area contributed by atoms with E-state index < -0.39 is 5.91 Å². The van der Waals surface area contributed by atoms with Crippen molar-refractivity contribution in [1.82, 2.24) is 0 Å². The van der Waals surface area contributed by atoms with E-state index in [1.807, 2.05) is 43.3 Å². The molecule has 0 aliphatic rings. The third kappa shape index (κ3) is 6.81. The standard InChI is InChI=1S/C27H24FIN2O3/c1-3-18-7-11-23(12-8-18)31-27(32)21(16-30)13-20-14-24(29)26(25(15-20)33-4-2)34-17-19-5-9-22(28)10-6-19/h5-15H,3-4,17H2,1-2H3,(H,31,32)/b21-13-. The molecule has 0 spiro atoms. The Kier molecular flexibility index (Phi) is 9.05. The van der Waals surface area contributed by atoms with Crippen molar-refractivity contribution >= 4 is 40.3 Å². The van der Waals surface area contributed by atoms with Gasteiger partial charge in [0.2, 0.25) is 0 Å². The first-order valence-electron chi connectivity index (χ1n) is 10.8. The second-order valence-corrected chi connectivity index (χ2v) is 8.51. The predicted molar refractivity (Wildman–Crippen MR) is 139 cm³/mol. The van der Waals surface area contributed by atoms with E-state index in [4.69, 9.17) is 9.47 Å². The SMILES string of the molecule is CCOc1cc(/C=C(/C#N)C(=O)Nc2ccc(CC)cc2)cc(I)c1OCc1ccc(F)cc1. The van der Waals surface area contributed by atoms with Crippen LogP contribution in [0.25, 0.3) is 6.08 Å². The Labute approximate surface area is 212 Å². The number of halogens is 2. The second kappa shape index (κ2) is 12.2. The van der Waals surface area contributed by atoms with Crippen LogP contribution < -0.4 is 14.8 Å². The van der Waals surface area contributed by atoms with Gasteiger partial charge in [0, 0.05) is 5.69 Å². The molecule has 3 aromatic rings. The maximum atomic E-state index is 13.1. The minimum Gasteiger partial charge on any atom is -0.490 e. The van der Waals surface area contributed by atoms with Crippen LogP contribution in [0.2, 0.25) is 0 Å². The topological polar surface area (TPSA) is 71.3 Å². The van der Waals surface area contributed by atoms with Gasteiger partial charge < -0.3 is 14.8 Å². The molecule has 0 bridgehead atoms. The summed E-state index contributed by atoms with van der Waals surface area (Å²) < 4.78 is 25.6. The van der Waals surface area contributed by atoms with Crippen LogP contribution in [-0.4, -0.2) is 12.5 Å². The van der Waals surface area contributed by atoms with Crippen molar-refractivity contribution in [2.75, 3.05) is 11.9 Å². The van der Waals surface area contributed by atoms with Crippen LogP contribution in [0.1, 0.15) is 30.5 Å². The van der Waals surface area contributed by atoms with E-state index in [-0.39, 0.29) is 18.0 Å². The quantitative estimate of drug-likeness (QED) is 0.181. The fourth-order valence-electron chi connectivity index (χ4n) is 3.15. The first kappa shape index (κ1) is 25.2. The molecule has 0 fully saturated rings. The second-order valence-electron chi connectivity index (χ2n) is 7.35. The van der Waals surface area contributed by atoms with Crippen LogP contribution in [0.5, 0.6) is 11.5 Å². The number of nitrogens with zero attached hydrogens (tertiary/aromatic N) is 1. The highest BCUT2D eigenvalue weighted by atomic mass is 127. The Morgan fingerprint density at radius 2 is 1.74 bits per heavy atom. The number of anilines is 1. The molecule has 5 nitrogen and oxygen atoms in total. The normalized spacial score (nSPS) is 11.0. The Morgan fingerprint density at radius 3 is 2.35 bits per heavy atom. The lowest BCUT2D eigenvalue weighted by atomic mass is 10.1.